The van der Waals surface area contributed by atoms with Gasteiger partial charge in [-0.1, -0.05) is 36.4 Å². The quantitative estimate of drug-likeness (QED) is 0.703. The van der Waals surface area contributed by atoms with E-state index in [1.807, 2.05) is 30.3 Å². The summed E-state index contributed by atoms with van der Waals surface area (Å²) in [6, 6.07) is 14.4. The van der Waals surface area contributed by atoms with Crippen LogP contribution in [0.1, 0.15) is 11.1 Å². The highest BCUT2D eigenvalue weighted by Crippen LogP contribution is 2.27. The summed E-state index contributed by atoms with van der Waals surface area (Å²) in [6.07, 6.45) is 1.09. The van der Waals surface area contributed by atoms with Crippen LogP contribution >= 0.6 is 0 Å². The molecule has 0 bridgehead atoms. The van der Waals surface area contributed by atoms with Gasteiger partial charge in [-0.2, -0.15) is 4.31 Å². The molecular weight excluding hydrogens is 368 g/mol. The topological polar surface area (TPSA) is 84.9 Å². The van der Waals surface area contributed by atoms with Crippen LogP contribution in [-0.2, 0) is 27.9 Å². The van der Waals surface area contributed by atoms with Gasteiger partial charge in [-0.05, 0) is 17.7 Å². The summed E-state index contributed by atoms with van der Waals surface area (Å²) in [7, 11) is -0.477. The van der Waals surface area contributed by atoms with Crippen molar-refractivity contribution in [3.8, 4) is 11.5 Å². The Morgan fingerprint density at radius 2 is 1.59 bits per heavy atom. The van der Waals surface area contributed by atoms with Crippen LogP contribution in [0.5, 0.6) is 11.5 Å². The molecule has 2 rings (SSSR count). The van der Waals surface area contributed by atoms with Gasteiger partial charge in [0, 0.05) is 6.54 Å². The molecule has 0 aliphatic heterocycles. The van der Waals surface area contributed by atoms with Crippen molar-refractivity contribution < 1.29 is 22.7 Å². The van der Waals surface area contributed by atoms with Crippen LogP contribution in [0.25, 0.3) is 0 Å². The Kier molecular flexibility index (Phi) is 7.20. The van der Waals surface area contributed by atoms with E-state index in [9.17, 15) is 13.2 Å². The molecule has 8 heteroatoms. The summed E-state index contributed by atoms with van der Waals surface area (Å²) in [5, 5.41) is 2.73. The fourth-order valence-electron chi connectivity index (χ4n) is 2.58. The van der Waals surface area contributed by atoms with Crippen LogP contribution in [-0.4, -0.2) is 45.7 Å². The predicted octanol–water partition coefficient (Wildman–Crippen LogP) is 1.78. The highest BCUT2D eigenvalue weighted by atomic mass is 32.2. The minimum atomic E-state index is -3.54. The van der Waals surface area contributed by atoms with Gasteiger partial charge < -0.3 is 14.8 Å². The van der Waals surface area contributed by atoms with Crippen molar-refractivity contribution in [2.75, 3.05) is 27.0 Å². The maximum absolute atomic E-state index is 12.4. The van der Waals surface area contributed by atoms with Crippen molar-refractivity contribution in [1.82, 2.24) is 9.62 Å². The van der Waals surface area contributed by atoms with Gasteiger partial charge in [-0.3, -0.25) is 4.79 Å². The molecule has 0 spiro atoms. The molecule has 0 heterocycles. The molecule has 0 saturated heterocycles. The van der Waals surface area contributed by atoms with E-state index in [0.717, 1.165) is 16.1 Å². The lowest BCUT2D eigenvalue weighted by Crippen LogP contribution is -2.39. The fraction of sp³-hybridized carbons (Fsp3) is 0.316. The number of hydrogen-bond donors (Lipinski definition) is 1. The van der Waals surface area contributed by atoms with Gasteiger partial charge in [0.25, 0.3) is 0 Å². The standard InChI is InChI=1S/C19H24N2O5S/c1-25-17-10-7-11-18(26-2)16(17)12-20-19(22)14-21(27(3,23)24)13-15-8-5-4-6-9-15/h4-11H,12-14H2,1-3H3,(H,20,22). The first kappa shape index (κ1) is 20.7. The molecule has 0 atom stereocenters. The van der Waals surface area contributed by atoms with Gasteiger partial charge in [0.2, 0.25) is 15.9 Å². The van der Waals surface area contributed by atoms with Gasteiger partial charge in [0.15, 0.2) is 0 Å². The lowest BCUT2D eigenvalue weighted by atomic mass is 10.1. The highest BCUT2D eigenvalue weighted by Gasteiger charge is 2.21. The lowest BCUT2D eigenvalue weighted by Gasteiger charge is -2.20. The minimum Gasteiger partial charge on any atom is -0.496 e. The number of carbonyl (C=O) groups excluding carboxylic acids is 1. The molecule has 0 aliphatic carbocycles. The normalized spacial score (nSPS) is 11.3. The second kappa shape index (κ2) is 9.38. The molecule has 0 radical (unpaired) electrons. The molecule has 1 N–H and O–H groups in total. The van der Waals surface area contributed by atoms with Crippen molar-refractivity contribution in [3.05, 3.63) is 59.7 Å². The molecule has 1 amide bonds. The SMILES string of the molecule is COc1cccc(OC)c1CNC(=O)CN(Cc1ccccc1)S(C)(=O)=O. The molecule has 27 heavy (non-hydrogen) atoms. The lowest BCUT2D eigenvalue weighted by molar-refractivity contribution is -0.121. The average molecular weight is 392 g/mol. The van der Waals surface area contributed by atoms with Gasteiger partial charge in [0.05, 0.1) is 39.1 Å². The van der Waals surface area contributed by atoms with Gasteiger partial charge >= 0.3 is 0 Å². The zero-order valence-corrected chi connectivity index (χ0v) is 16.5. The largest absolute Gasteiger partial charge is 0.496 e. The van der Waals surface area contributed by atoms with E-state index >= 15 is 0 Å². The first-order valence-electron chi connectivity index (χ1n) is 8.30. The van der Waals surface area contributed by atoms with Crippen molar-refractivity contribution in [2.24, 2.45) is 0 Å². The number of benzene rings is 2. The summed E-state index contributed by atoms with van der Waals surface area (Å²) in [4.78, 5) is 12.4. The number of rotatable bonds is 9. The molecule has 2 aromatic carbocycles. The van der Waals surface area contributed by atoms with Crippen LogP contribution in [0.15, 0.2) is 48.5 Å². The third kappa shape index (κ3) is 5.97. The number of hydrogen-bond acceptors (Lipinski definition) is 5. The molecule has 146 valence electrons. The Balaban J connectivity index is 2.07. The van der Waals surface area contributed by atoms with E-state index in [4.69, 9.17) is 9.47 Å². The van der Waals surface area contributed by atoms with E-state index < -0.39 is 15.9 Å². The Hall–Kier alpha value is -2.58. The first-order chi connectivity index (χ1) is 12.8. The Labute approximate surface area is 160 Å². The molecular formula is C19H24N2O5S. The monoisotopic (exact) mass is 392 g/mol. The molecule has 0 aliphatic rings. The molecule has 0 saturated carbocycles. The van der Waals surface area contributed by atoms with E-state index in [2.05, 4.69) is 5.32 Å². The molecule has 7 nitrogen and oxygen atoms in total. The third-order valence-electron chi connectivity index (χ3n) is 3.98. The number of methoxy groups -OCH3 is 2. The molecule has 2 aromatic rings. The average Bonchev–Trinajstić information content (AvgIpc) is 2.65. The number of carbonyl (C=O) groups is 1. The number of amides is 1. The molecule has 0 aromatic heterocycles. The fourth-order valence-corrected chi connectivity index (χ4v) is 3.32. The number of nitrogens with zero attached hydrogens (tertiary/aromatic N) is 1. The van der Waals surface area contributed by atoms with E-state index in [1.54, 1.807) is 18.2 Å². The van der Waals surface area contributed by atoms with Crippen molar-refractivity contribution >= 4 is 15.9 Å². The predicted molar refractivity (Wildman–Crippen MR) is 103 cm³/mol. The Bertz CT molecular complexity index is 847. The van der Waals surface area contributed by atoms with Gasteiger partial charge in [-0.25, -0.2) is 8.42 Å². The van der Waals surface area contributed by atoms with Crippen molar-refractivity contribution in [3.63, 3.8) is 0 Å². The molecule has 0 unspecified atom stereocenters. The maximum Gasteiger partial charge on any atom is 0.235 e. The van der Waals surface area contributed by atoms with E-state index in [1.165, 1.54) is 14.2 Å². The molecule has 0 fully saturated rings. The van der Waals surface area contributed by atoms with Crippen molar-refractivity contribution in [1.29, 1.82) is 0 Å². The van der Waals surface area contributed by atoms with E-state index in [-0.39, 0.29) is 19.6 Å². The third-order valence-corrected chi connectivity index (χ3v) is 5.18. The smallest absolute Gasteiger partial charge is 0.235 e. The van der Waals surface area contributed by atoms with Crippen LogP contribution in [0.2, 0.25) is 0 Å². The van der Waals surface area contributed by atoms with Gasteiger partial charge in [0.1, 0.15) is 11.5 Å². The minimum absolute atomic E-state index is 0.130. The maximum atomic E-state index is 12.4. The van der Waals surface area contributed by atoms with E-state index in [0.29, 0.717) is 17.1 Å². The second-order valence-corrected chi connectivity index (χ2v) is 7.92. The highest BCUT2D eigenvalue weighted by molar-refractivity contribution is 7.88. The summed E-state index contributed by atoms with van der Waals surface area (Å²) in [5.74, 6) is 0.752. The first-order valence-corrected chi connectivity index (χ1v) is 10.2. The summed E-state index contributed by atoms with van der Waals surface area (Å²) < 4.78 is 35.8. The van der Waals surface area contributed by atoms with Crippen LogP contribution in [0.3, 0.4) is 0 Å². The number of ether oxygens (including phenoxy) is 2. The number of sulfonamides is 1. The Morgan fingerprint density at radius 1 is 1.00 bits per heavy atom. The summed E-state index contributed by atoms with van der Waals surface area (Å²) >= 11 is 0. The Morgan fingerprint density at radius 3 is 2.11 bits per heavy atom. The number of nitrogens with one attached hydrogen (secondary N) is 1. The van der Waals surface area contributed by atoms with Crippen molar-refractivity contribution in [2.45, 2.75) is 13.1 Å². The summed E-state index contributed by atoms with van der Waals surface area (Å²) in [5.41, 5.74) is 1.49. The second-order valence-electron chi connectivity index (χ2n) is 5.93. The van der Waals surface area contributed by atoms with Crippen LogP contribution < -0.4 is 14.8 Å². The van der Waals surface area contributed by atoms with Crippen LogP contribution in [0, 0.1) is 0 Å². The van der Waals surface area contributed by atoms with Crippen LogP contribution in [0.4, 0.5) is 0 Å². The zero-order chi connectivity index (χ0) is 19.9. The zero-order valence-electron chi connectivity index (χ0n) is 15.6. The summed E-state index contributed by atoms with van der Waals surface area (Å²) in [6.45, 7) is 0.0191. The van der Waals surface area contributed by atoms with Gasteiger partial charge in [-0.15, -0.1) is 0 Å².